The van der Waals surface area contributed by atoms with Gasteiger partial charge in [0, 0.05) is 17.4 Å². The molecule has 0 radical (unpaired) electrons. The number of hydrogen-bond donors (Lipinski definition) is 1. The number of fused-ring (bicyclic) bond motifs is 1. The summed E-state index contributed by atoms with van der Waals surface area (Å²) in [6.45, 7) is 2.97. The summed E-state index contributed by atoms with van der Waals surface area (Å²) in [7, 11) is 0. The number of hydrogen-bond acceptors (Lipinski definition) is 6. The summed E-state index contributed by atoms with van der Waals surface area (Å²) in [6.07, 6.45) is 0. The number of aryl methyl sites for hydroxylation is 1. The molecule has 0 fully saturated rings. The molecule has 7 nitrogen and oxygen atoms in total. The van der Waals surface area contributed by atoms with Gasteiger partial charge in [-0.25, -0.2) is 4.39 Å². The predicted molar refractivity (Wildman–Crippen MR) is 128 cm³/mol. The van der Waals surface area contributed by atoms with Gasteiger partial charge in [0.15, 0.2) is 22.5 Å². The second kappa shape index (κ2) is 9.56. The number of anilines is 1. The first kappa shape index (κ1) is 22.0. The van der Waals surface area contributed by atoms with Crippen LogP contribution in [-0.2, 0) is 4.79 Å². The quantitative estimate of drug-likeness (QED) is 0.400. The zero-order chi connectivity index (χ0) is 23.5. The first-order valence-electron chi connectivity index (χ1n) is 10.7. The molecule has 9 heteroatoms. The van der Waals surface area contributed by atoms with E-state index < -0.39 is 5.82 Å². The summed E-state index contributed by atoms with van der Waals surface area (Å²) in [4.78, 5) is 12.7. The summed E-state index contributed by atoms with van der Waals surface area (Å²) in [6, 6.07) is 19.5. The van der Waals surface area contributed by atoms with Crippen molar-refractivity contribution in [3.63, 3.8) is 0 Å². The van der Waals surface area contributed by atoms with E-state index in [-0.39, 0.29) is 11.7 Å². The first-order chi connectivity index (χ1) is 16.6. The molecule has 1 N–H and O–H groups in total. The molecule has 1 amide bonds. The van der Waals surface area contributed by atoms with E-state index in [0.29, 0.717) is 46.9 Å². The highest BCUT2D eigenvalue weighted by Gasteiger charge is 2.20. The Morgan fingerprint density at radius 2 is 1.79 bits per heavy atom. The van der Waals surface area contributed by atoms with E-state index in [4.69, 9.17) is 9.47 Å². The van der Waals surface area contributed by atoms with Crippen LogP contribution < -0.4 is 14.8 Å². The van der Waals surface area contributed by atoms with Crippen molar-refractivity contribution in [2.75, 3.05) is 24.3 Å². The molecule has 0 aliphatic carbocycles. The van der Waals surface area contributed by atoms with E-state index in [2.05, 4.69) is 15.5 Å². The Labute approximate surface area is 199 Å². The summed E-state index contributed by atoms with van der Waals surface area (Å²) < 4.78 is 27.4. The monoisotopic (exact) mass is 476 g/mol. The van der Waals surface area contributed by atoms with Crippen molar-refractivity contribution in [2.24, 2.45) is 0 Å². The second-order valence-corrected chi connectivity index (χ2v) is 8.59. The Hall–Kier alpha value is -3.85. The van der Waals surface area contributed by atoms with Crippen LogP contribution in [0.2, 0.25) is 0 Å². The van der Waals surface area contributed by atoms with Crippen LogP contribution in [0.1, 0.15) is 5.56 Å². The molecular formula is C25H21FN4O3S. The molecule has 2 heterocycles. The Morgan fingerprint density at radius 1 is 1.03 bits per heavy atom. The van der Waals surface area contributed by atoms with Gasteiger partial charge in [-0.3, -0.25) is 9.36 Å². The molecule has 0 atom stereocenters. The largest absolute Gasteiger partial charge is 0.486 e. The van der Waals surface area contributed by atoms with Gasteiger partial charge >= 0.3 is 0 Å². The van der Waals surface area contributed by atoms with Gasteiger partial charge in [0.25, 0.3) is 0 Å². The fourth-order valence-electron chi connectivity index (χ4n) is 3.56. The van der Waals surface area contributed by atoms with Gasteiger partial charge in [0.1, 0.15) is 19.0 Å². The highest BCUT2D eigenvalue weighted by molar-refractivity contribution is 7.99. The minimum atomic E-state index is -0.392. The molecule has 3 aromatic carbocycles. The number of carbonyl (C=O) groups is 1. The molecule has 34 heavy (non-hydrogen) atoms. The lowest BCUT2D eigenvalue weighted by molar-refractivity contribution is -0.113. The number of thioether (sulfide) groups is 1. The van der Waals surface area contributed by atoms with Gasteiger partial charge in [-0.1, -0.05) is 41.6 Å². The molecule has 1 aromatic heterocycles. The predicted octanol–water partition coefficient (Wildman–Crippen LogP) is 4.88. The SMILES string of the molecule is Cc1ccc(-n2c(SCC(=O)Nc3ccc4c(c3)OCCO4)nnc2-c2ccccc2F)cc1. The first-order valence-corrected chi connectivity index (χ1v) is 11.7. The van der Waals surface area contributed by atoms with Crippen molar-refractivity contribution in [3.8, 4) is 28.6 Å². The Bertz CT molecular complexity index is 1340. The van der Waals surface area contributed by atoms with E-state index in [1.54, 1.807) is 41.0 Å². The highest BCUT2D eigenvalue weighted by Crippen LogP contribution is 2.33. The van der Waals surface area contributed by atoms with Gasteiger partial charge in [-0.15, -0.1) is 10.2 Å². The molecule has 0 saturated carbocycles. The van der Waals surface area contributed by atoms with E-state index in [1.807, 2.05) is 31.2 Å². The lowest BCUT2D eigenvalue weighted by Crippen LogP contribution is -2.17. The number of nitrogens with zero attached hydrogens (tertiary/aromatic N) is 3. The number of carbonyl (C=O) groups excluding carboxylic acids is 1. The van der Waals surface area contributed by atoms with Crippen LogP contribution in [0.3, 0.4) is 0 Å². The van der Waals surface area contributed by atoms with Crippen molar-refractivity contribution in [2.45, 2.75) is 12.1 Å². The fraction of sp³-hybridized carbons (Fsp3) is 0.160. The van der Waals surface area contributed by atoms with Crippen LogP contribution in [0, 0.1) is 12.7 Å². The van der Waals surface area contributed by atoms with E-state index in [9.17, 15) is 9.18 Å². The van der Waals surface area contributed by atoms with Crippen LogP contribution in [-0.4, -0.2) is 39.6 Å². The minimum Gasteiger partial charge on any atom is -0.486 e. The third-order valence-corrected chi connectivity index (χ3v) is 6.13. The summed E-state index contributed by atoms with van der Waals surface area (Å²) in [5.41, 5.74) is 2.82. The standard InChI is InChI=1S/C25H21FN4O3S/c1-16-6-9-18(10-7-16)30-24(19-4-2-3-5-20(19)26)28-29-25(30)34-15-23(31)27-17-8-11-21-22(14-17)33-13-12-32-21/h2-11,14H,12-13,15H2,1H3,(H,27,31). The van der Waals surface area contributed by atoms with Crippen molar-refractivity contribution < 1.29 is 18.7 Å². The van der Waals surface area contributed by atoms with Crippen LogP contribution in [0.25, 0.3) is 17.1 Å². The molecule has 5 rings (SSSR count). The maximum absolute atomic E-state index is 14.5. The third kappa shape index (κ3) is 4.60. The maximum atomic E-state index is 14.5. The van der Waals surface area contributed by atoms with Crippen molar-refractivity contribution in [1.29, 1.82) is 0 Å². The van der Waals surface area contributed by atoms with Crippen LogP contribution in [0.5, 0.6) is 11.5 Å². The number of rotatable bonds is 6. The lowest BCUT2D eigenvalue weighted by Gasteiger charge is -2.19. The van der Waals surface area contributed by atoms with Gasteiger partial charge in [-0.2, -0.15) is 0 Å². The summed E-state index contributed by atoms with van der Waals surface area (Å²) in [5.74, 6) is 1.12. The zero-order valence-corrected chi connectivity index (χ0v) is 19.1. The van der Waals surface area contributed by atoms with Crippen LogP contribution in [0.15, 0.2) is 71.9 Å². The topological polar surface area (TPSA) is 78.3 Å². The Balaban J connectivity index is 1.38. The molecule has 0 saturated heterocycles. The number of halogens is 1. The van der Waals surface area contributed by atoms with Gasteiger partial charge in [0.05, 0.1) is 11.3 Å². The van der Waals surface area contributed by atoms with E-state index >= 15 is 0 Å². The Morgan fingerprint density at radius 3 is 2.59 bits per heavy atom. The summed E-state index contributed by atoms with van der Waals surface area (Å²) >= 11 is 1.22. The zero-order valence-electron chi connectivity index (χ0n) is 18.3. The van der Waals surface area contributed by atoms with Crippen LogP contribution in [0.4, 0.5) is 10.1 Å². The van der Waals surface area contributed by atoms with Crippen molar-refractivity contribution in [1.82, 2.24) is 14.8 Å². The van der Waals surface area contributed by atoms with Crippen molar-refractivity contribution >= 4 is 23.4 Å². The van der Waals surface area contributed by atoms with E-state index in [0.717, 1.165) is 11.3 Å². The number of amides is 1. The molecule has 0 bridgehead atoms. The summed E-state index contributed by atoms with van der Waals surface area (Å²) in [5, 5.41) is 11.9. The van der Waals surface area contributed by atoms with Gasteiger partial charge < -0.3 is 14.8 Å². The molecular weight excluding hydrogens is 455 g/mol. The minimum absolute atomic E-state index is 0.0930. The molecule has 4 aromatic rings. The number of aromatic nitrogens is 3. The van der Waals surface area contributed by atoms with Crippen LogP contribution >= 0.6 is 11.8 Å². The normalized spacial score (nSPS) is 12.4. The highest BCUT2D eigenvalue weighted by atomic mass is 32.2. The fourth-order valence-corrected chi connectivity index (χ4v) is 4.31. The number of nitrogens with one attached hydrogen (secondary N) is 1. The third-order valence-electron chi connectivity index (χ3n) is 5.20. The smallest absolute Gasteiger partial charge is 0.234 e. The Kier molecular flexibility index (Phi) is 6.18. The molecule has 1 aliphatic heterocycles. The van der Waals surface area contributed by atoms with Gasteiger partial charge in [-0.05, 0) is 43.3 Å². The molecule has 172 valence electrons. The number of benzene rings is 3. The second-order valence-electron chi connectivity index (χ2n) is 7.65. The van der Waals surface area contributed by atoms with E-state index in [1.165, 1.54) is 17.8 Å². The number of ether oxygens (including phenoxy) is 2. The van der Waals surface area contributed by atoms with Crippen molar-refractivity contribution in [3.05, 3.63) is 78.1 Å². The van der Waals surface area contributed by atoms with Gasteiger partial charge in [0.2, 0.25) is 5.91 Å². The lowest BCUT2D eigenvalue weighted by atomic mass is 10.2. The molecule has 0 spiro atoms. The average molecular weight is 477 g/mol. The molecule has 0 unspecified atom stereocenters. The average Bonchev–Trinajstić information content (AvgIpc) is 3.27. The maximum Gasteiger partial charge on any atom is 0.234 e. The molecule has 1 aliphatic rings.